The Balaban J connectivity index is 2.12. The number of aliphatic carboxylic acids is 1. The summed E-state index contributed by atoms with van der Waals surface area (Å²) in [5, 5.41) is 11.7. The summed E-state index contributed by atoms with van der Waals surface area (Å²) in [6.07, 6.45) is 1.17. The lowest BCUT2D eigenvalue weighted by Gasteiger charge is -2.26. The minimum atomic E-state index is -1.01. The number of hydrogen-bond acceptors (Lipinski definition) is 3. The molecular formula is C15H19NO4. The summed E-state index contributed by atoms with van der Waals surface area (Å²) in [6, 6.07) is 6.75. The molecule has 0 saturated heterocycles. The smallest absolute Gasteiger partial charge is 0.326 e. The molecule has 1 aliphatic heterocycles. The van der Waals surface area contributed by atoms with E-state index >= 15 is 0 Å². The number of fused-ring (bicyclic) bond motifs is 1. The van der Waals surface area contributed by atoms with Gasteiger partial charge in [0.15, 0.2) is 6.10 Å². The van der Waals surface area contributed by atoms with Gasteiger partial charge in [0.1, 0.15) is 6.04 Å². The Morgan fingerprint density at radius 2 is 2.20 bits per heavy atom. The van der Waals surface area contributed by atoms with Gasteiger partial charge in [-0.2, -0.15) is 0 Å². The number of benzene rings is 1. The molecule has 5 nitrogen and oxygen atoms in total. The first-order chi connectivity index (χ1) is 9.63. The van der Waals surface area contributed by atoms with Crippen LogP contribution in [0.15, 0.2) is 24.3 Å². The van der Waals surface area contributed by atoms with Crippen molar-refractivity contribution in [2.45, 2.75) is 38.3 Å². The van der Waals surface area contributed by atoms with Crippen LogP contribution in [-0.4, -0.2) is 29.6 Å². The van der Waals surface area contributed by atoms with Crippen molar-refractivity contribution in [3.8, 4) is 0 Å². The first-order valence-corrected chi connectivity index (χ1v) is 6.86. The summed E-state index contributed by atoms with van der Waals surface area (Å²) in [6.45, 7) is 2.36. The van der Waals surface area contributed by atoms with E-state index in [4.69, 9.17) is 9.84 Å². The average Bonchev–Trinajstić information content (AvgIpc) is 2.46. The highest BCUT2D eigenvalue weighted by molar-refractivity contribution is 5.87. The number of rotatable bonds is 5. The minimum absolute atomic E-state index is 0.377. The molecule has 0 bridgehead atoms. The standard InChI is InChI=1S/C15H19NO4/c1-2-5-12(15(18)19)16-14(17)13-11-7-4-3-6-10(11)8-9-20-13/h3-4,6-7,12-13H,2,5,8-9H2,1H3,(H,16,17)(H,18,19)/t12-,13?/m1/s1. The molecule has 2 rings (SSSR count). The molecular weight excluding hydrogens is 258 g/mol. The van der Waals surface area contributed by atoms with Crippen molar-refractivity contribution >= 4 is 11.9 Å². The molecule has 0 saturated carbocycles. The monoisotopic (exact) mass is 277 g/mol. The molecule has 5 heteroatoms. The number of carboxylic acids is 1. The van der Waals surface area contributed by atoms with E-state index < -0.39 is 18.1 Å². The highest BCUT2D eigenvalue weighted by Gasteiger charge is 2.30. The zero-order valence-corrected chi connectivity index (χ0v) is 11.5. The predicted octanol–water partition coefficient (Wildman–Crippen LogP) is 1.67. The van der Waals surface area contributed by atoms with Gasteiger partial charge in [0.2, 0.25) is 0 Å². The van der Waals surface area contributed by atoms with Gasteiger partial charge in [-0.25, -0.2) is 4.79 Å². The Hall–Kier alpha value is -1.88. The van der Waals surface area contributed by atoms with Gasteiger partial charge in [-0.3, -0.25) is 4.79 Å². The Morgan fingerprint density at radius 1 is 1.45 bits per heavy atom. The van der Waals surface area contributed by atoms with Gasteiger partial charge in [-0.1, -0.05) is 37.6 Å². The summed E-state index contributed by atoms with van der Waals surface area (Å²) in [7, 11) is 0. The van der Waals surface area contributed by atoms with E-state index in [1.54, 1.807) is 0 Å². The first-order valence-electron chi connectivity index (χ1n) is 6.86. The highest BCUT2D eigenvalue weighted by Crippen LogP contribution is 2.27. The summed E-state index contributed by atoms with van der Waals surface area (Å²) < 4.78 is 5.52. The largest absolute Gasteiger partial charge is 0.480 e. The van der Waals surface area contributed by atoms with Crippen molar-refractivity contribution < 1.29 is 19.4 Å². The molecule has 1 unspecified atom stereocenters. The van der Waals surface area contributed by atoms with Crippen LogP contribution < -0.4 is 5.32 Å². The molecule has 0 fully saturated rings. The van der Waals surface area contributed by atoms with Gasteiger partial charge in [-0.05, 0) is 24.0 Å². The van der Waals surface area contributed by atoms with Gasteiger partial charge in [-0.15, -0.1) is 0 Å². The van der Waals surface area contributed by atoms with E-state index in [2.05, 4.69) is 5.32 Å². The fourth-order valence-corrected chi connectivity index (χ4v) is 2.40. The van der Waals surface area contributed by atoms with E-state index in [-0.39, 0.29) is 5.91 Å². The molecule has 1 aliphatic rings. The van der Waals surface area contributed by atoms with Crippen LogP contribution in [0.2, 0.25) is 0 Å². The molecule has 2 N–H and O–H groups in total. The zero-order chi connectivity index (χ0) is 14.5. The van der Waals surface area contributed by atoms with Gasteiger partial charge >= 0.3 is 5.97 Å². The number of carbonyl (C=O) groups is 2. The molecule has 1 amide bonds. The summed E-state index contributed by atoms with van der Waals surface area (Å²) in [4.78, 5) is 23.3. The molecule has 2 atom stereocenters. The number of amides is 1. The maximum absolute atomic E-state index is 12.3. The Bertz CT molecular complexity index is 500. The second-order valence-electron chi connectivity index (χ2n) is 4.89. The zero-order valence-electron chi connectivity index (χ0n) is 11.5. The SMILES string of the molecule is CCC[C@@H](NC(=O)C1OCCc2ccccc21)C(=O)O. The Morgan fingerprint density at radius 3 is 2.90 bits per heavy atom. The van der Waals surface area contributed by atoms with E-state index in [1.165, 1.54) is 0 Å². The Kier molecular flexibility index (Phi) is 4.74. The summed E-state index contributed by atoms with van der Waals surface area (Å²) in [5.74, 6) is -1.39. The third-order valence-electron chi connectivity index (χ3n) is 3.42. The molecule has 108 valence electrons. The first kappa shape index (κ1) is 14.5. The van der Waals surface area contributed by atoms with Crippen molar-refractivity contribution in [2.24, 2.45) is 0 Å². The van der Waals surface area contributed by atoms with Crippen LogP contribution in [0.5, 0.6) is 0 Å². The fourth-order valence-electron chi connectivity index (χ4n) is 2.40. The minimum Gasteiger partial charge on any atom is -0.480 e. The van der Waals surface area contributed by atoms with E-state index in [0.29, 0.717) is 19.4 Å². The van der Waals surface area contributed by atoms with Crippen LogP contribution in [0.1, 0.15) is 37.0 Å². The number of nitrogens with one attached hydrogen (secondary N) is 1. The van der Waals surface area contributed by atoms with Gasteiger partial charge in [0, 0.05) is 0 Å². The lowest BCUT2D eigenvalue weighted by Crippen LogP contribution is -2.44. The third kappa shape index (κ3) is 3.17. The lowest BCUT2D eigenvalue weighted by atomic mass is 9.97. The van der Waals surface area contributed by atoms with Gasteiger partial charge in [0.05, 0.1) is 6.61 Å². The maximum Gasteiger partial charge on any atom is 0.326 e. The molecule has 0 aliphatic carbocycles. The van der Waals surface area contributed by atoms with Crippen molar-refractivity contribution in [3.05, 3.63) is 35.4 Å². The second kappa shape index (κ2) is 6.52. The predicted molar refractivity (Wildman–Crippen MR) is 73.3 cm³/mol. The van der Waals surface area contributed by atoms with E-state index in [0.717, 1.165) is 17.5 Å². The molecule has 1 aromatic carbocycles. The highest BCUT2D eigenvalue weighted by atomic mass is 16.5. The Labute approximate surface area is 117 Å². The number of carboxylic acid groups (broad SMARTS) is 1. The molecule has 1 heterocycles. The van der Waals surface area contributed by atoms with E-state index in [1.807, 2.05) is 31.2 Å². The fraction of sp³-hybridized carbons (Fsp3) is 0.467. The number of hydrogen-bond donors (Lipinski definition) is 2. The molecule has 0 radical (unpaired) electrons. The molecule has 0 spiro atoms. The van der Waals surface area contributed by atoms with Crippen molar-refractivity contribution in [2.75, 3.05) is 6.61 Å². The van der Waals surface area contributed by atoms with Crippen LogP contribution in [0.3, 0.4) is 0 Å². The lowest BCUT2D eigenvalue weighted by molar-refractivity contribution is -0.145. The van der Waals surface area contributed by atoms with Crippen molar-refractivity contribution in [1.29, 1.82) is 0 Å². The molecule has 0 aromatic heterocycles. The van der Waals surface area contributed by atoms with E-state index in [9.17, 15) is 9.59 Å². The van der Waals surface area contributed by atoms with Crippen LogP contribution in [0, 0.1) is 0 Å². The number of carbonyl (C=O) groups excluding carboxylic acids is 1. The molecule has 1 aromatic rings. The normalized spacial score (nSPS) is 18.9. The van der Waals surface area contributed by atoms with Crippen LogP contribution in [0.25, 0.3) is 0 Å². The van der Waals surface area contributed by atoms with Crippen molar-refractivity contribution in [3.63, 3.8) is 0 Å². The second-order valence-corrected chi connectivity index (χ2v) is 4.89. The third-order valence-corrected chi connectivity index (χ3v) is 3.42. The summed E-state index contributed by atoms with van der Waals surface area (Å²) >= 11 is 0. The van der Waals surface area contributed by atoms with Gasteiger partial charge in [0.25, 0.3) is 5.91 Å². The topological polar surface area (TPSA) is 75.6 Å². The van der Waals surface area contributed by atoms with Crippen LogP contribution in [-0.2, 0) is 20.7 Å². The maximum atomic E-state index is 12.3. The van der Waals surface area contributed by atoms with Crippen molar-refractivity contribution in [1.82, 2.24) is 5.32 Å². The van der Waals surface area contributed by atoms with Crippen LogP contribution in [0.4, 0.5) is 0 Å². The quantitative estimate of drug-likeness (QED) is 0.858. The molecule has 20 heavy (non-hydrogen) atoms. The van der Waals surface area contributed by atoms with Crippen LogP contribution >= 0.6 is 0 Å². The summed E-state index contributed by atoms with van der Waals surface area (Å²) in [5.41, 5.74) is 1.91. The van der Waals surface area contributed by atoms with Gasteiger partial charge < -0.3 is 15.2 Å². The number of ether oxygens (including phenoxy) is 1. The average molecular weight is 277 g/mol.